The van der Waals surface area contributed by atoms with Crippen molar-refractivity contribution in [1.29, 1.82) is 0 Å². The molecule has 0 bridgehead atoms. The second kappa shape index (κ2) is 4.43. The maximum atomic E-state index is 5.74. The average molecular weight is 256 g/mol. The van der Waals surface area contributed by atoms with Gasteiger partial charge in [0.15, 0.2) is 0 Å². The first-order valence-electron chi connectivity index (χ1n) is 4.88. The first-order valence-corrected chi connectivity index (χ1v) is 5.67. The number of benzene rings is 1. The summed E-state index contributed by atoms with van der Waals surface area (Å²) >= 11 is 3.43. The Morgan fingerprint density at radius 2 is 2.07 bits per heavy atom. The molecule has 1 N–H and O–H groups in total. The fraction of sp³-hybridized carbons (Fsp3) is 0.455. The number of hydrogen-bond donors (Lipinski definition) is 1. The van der Waals surface area contributed by atoms with Gasteiger partial charge in [-0.05, 0) is 24.6 Å². The average Bonchev–Trinajstić information content (AvgIpc) is 2.20. The summed E-state index contributed by atoms with van der Waals surface area (Å²) in [6.45, 7) is 3.91. The minimum absolute atomic E-state index is 0.192. The Morgan fingerprint density at radius 3 is 2.71 bits per heavy atom. The summed E-state index contributed by atoms with van der Waals surface area (Å²) in [6.07, 6.45) is 0.192. The van der Waals surface area contributed by atoms with Gasteiger partial charge < -0.3 is 10.1 Å². The molecule has 0 aromatic heterocycles. The van der Waals surface area contributed by atoms with Crippen LogP contribution in [0.1, 0.15) is 18.6 Å². The molecule has 2 rings (SSSR count). The molecule has 14 heavy (non-hydrogen) atoms. The van der Waals surface area contributed by atoms with Crippen molar-refractivity contribution in [3.05, 3.63) is 34.3 Å². The van der Waals surface area contributed by atoms with Crippen LogP contribution in [0.15, 0.2) is 28.7 Å². The predicted molar refractivity (Wildman–Crippen MR) is 60.3 cm³/mol. The zero-order chi connectivity index (χ0) is 9.97. The fourth-order valence-electron chi connectivity index (χ4n) is 1.76. The third-order valence-corrected chi connectivity index (χ3v) is 3.05. The van der Waals surface area contributed by atoms with Crippen molar-refractivity contribution in [2.24, 2.45) is 0 Å². The van der Waals surface area contributed by atoms with Gasteiger partial charge in [-0.15, -0.1) is 0 Å². The van der Waals surface area contributed by atoms with E-state index in [4.69, 9.17) is 4.74 Å². The van der Waals surface area contributed by atoms with Crippen molar-refractivity contribution < 1.29 is 4.74 Å². The second-order valence-electron chi connectivity index (χ2n) is 3.59. The molecule has 0 spiro atoms. The molecule has 0 aliphatic carbocycles. The lowest BCUT2D eigenvalue weighted by Crippen LogP contribution is -2.41. The van der Waals surface area contributed by atoms with Gasteiger partial charge >= 0.3 is 0 Å². The topological polar surface area (TPSA) is 21.3 Å². The van der Waals surface area contributed by atoms with Gasteiger partial charge in [-0.25, -0.2) is 0 Å². The van der Waals surface area contributed by atoms with E-state index < -0.39 is 0 Å². The molecule has 1 aliphatic rings. The highest BCUT2D eigenvalue weighted by Gasteiger charge is 2.22. The summed E-state index contributed by atoms with van der Waals surface area (Å²) in [7, 11) is 0. The van der Waals surface area contributed by atoms with E-state index in [0.29, 0.717) is 6.04 Å². The minimum atomic E-state index is 0.192. The largest absolute Gasteiger partial charge is 0.371 e. The van der Waals surface area contributed by atoms with Crippen molar-refractivity contribution in [2.75, 3.05) is 13.2 Å². The van der Waals surface area contributed by atoms with Gasteiger partial charge in [-0.1, -0.05) is 28.1 Å². The van der Waals surface area contributed by atoms with Crippen molar-refractivity contribution >= 4 is 15.9 Å². The van der Waals surface area contributed by atoms with Gasteiger partial charge in [0.25, 0.3) is 0 Å². The van der Waals surface area contributed by atoms with Crippen LogP contribution in [0.3, 0.4) is 0 Å². The van der Waals surface area contributed by atoms with Gasteiger partial charge in [-0.2, -0.15) is 0 Å². The smallest absolute Gasteiger partial charge is 0.0975 e. The third-order valence-electron chi connectivity index (χ3n) is 2.52. The molecule has 2 nitrogen and oxygen atoms in total. The zero-order valence-corrected chi connectivity index (χ0v) is 9.75. The summed E-state index contributed by atoms with van der Waals surface area (Å²) in [5, 5.41) is 3.41. The summed E-state index contributed by atoms with van der Waals surface area (Å²) in [5.74, 6) is 0. The quantitative estimate of drug-likeness (QED) is 0.833. The highest BCUT2D eigenvalue weighted by atomic mass is 79.9. The number of ether oxygens (including phenoxy) is 1. The van der Waals surface area contributed by atoms with Crippen molar-refractivity contribution in [1.82, 2.24) is 5.32 Å². The van der Waals surface area contributed by atoms with Crippen LogP contribution in [0.2, 0.25) is 0 Å². The number of nitrogens with one attached hydrogen (secondary N) is 1. The summed E-state index contributed by atoms with van der Waals surface area (Å²) in [5.41, 5.74) is 1.24. The monoisotopic (exact) mass is 255 g/mol. The van der Waals surface area contributed by atoms with E-state index in [0.717, 1.165) is 17.6 Å². The second-order valence-corrected chi connectivity index (χ2v) is 4.50. The maximum absolute atomic E-state index is 5.74. The molecule has 3 heteroatoms. The van der Waals surface area contributed by atoms with Crippen LogP contribution in [0, 0.1) is 0 Å². The van der Waals surface area contributed by atoms with E-state index in [2.05, 4.69) is 52.4 Å². The molecule has 1 heterocycles. The SMILES string of the molecule is CC1NCCOC1c1ccc(Br)cc1. The number of rotatable bonds is 1. The molecular weight excluding hydrogens is 242 g/mol. The molecule has 0 radical (unpaired) electrons. The highest BCUT2D eigenvalue weighted by molar-refractivity contribution is 9.10. The lowest BCUT2D eigenvalue weighted by Gasteiger charge is -2.30. The van der Waals surface area contributed by atoms with E-state index in [1.807, 2.05) is 0 Å². The van der Waals surface area contributed by atoms with E-state index in [9.17, 15) is 0 Å². The minimum Gasteiger partial charge on any atom is -0.371 e. The maximum Gasteiger partial charge on any atom is 0.0975 e. The van der Waals surface area contributed by atoms with Gasteiger partial charge in [0.05, 0.1) is 12.7 Å². The standard InChI is InChI=1S/C11H14BrNO/c1-8-11(14-7-6-13-8)9-2-4-10(12)5-3-9/h2-5,8,11,13H,6-7H2,1H3. The molecule has 0 saturated carbocycles. The van der Waals surface area contributed by atoms with Gasteiger partial charge in [0.2, 0.25) is 0 Å². The zero-order valence-electron chi connectivity index (χ0n) is 8.16. The lowest BCUT2D eigenvalue weighted by molar-refractivity contribution is -0.000228. The lowest BCUT2D eigenvalue weighted by atomic mass is 10.0. The Bertz CT molecular complexity index is 299. The molecule has 1 fully saturated rings. The van der Waals surface area contributed by atoms with Crippen LogP contribution in [-0.4, -0.2) is 19.2 Å². The van der Waals surface area contributed by atoms with E-state index in [1.165, 1.54) is 5.56 Å². The molecule has 1 aromatic rings. The van der Waals surface area contributed by atoms with E-state index in [-0.39, 0.29) is 6.10 Å². The number of halogens is 1. The normalized spacial score (nSPS) is 27.6. The van der Waals surface area contributed by atoms with Gasteiger partial charge in [-0.3, -0.25) is 0 Å². The third kappa shape index (κ3) is 2.16. The molecule has 76 valence electrons. The predicted octanol–water partition coefficient (Wildman–Crippen LogP) is 2.50. The first-order chi connectivity index (χ1) is 6.77. The molecule has 0 amide bonds. The number of morpholine rings is 1. The Morgan fingerprint density at radius 1 is 1.36 bits per heavy atom. The molecular formula is C11H14BrNO. The summed E-state index contributed by atoms with van der Waals surface area (Å²) in [4.78, 5) is 0. The van der Waals surface area contributed by atoms with Crippen LogP contribution in [-0.2, 0) is 4.74 Å². The van der Waals surface area contributed by atoms with Crippen molar-refractivity contribution in [3.8, 4) is 0 Å². The van der Waals surface area contributed by atoms with E-state index >= 15 is 0 Å². The Kier molecular flexibility index (Phi) is 3.21. The Labute approximate surface area is 92.8 Å². The van der Waals surface area contributed by atoms with Crippen LogP contribution < -0.4 is 5.32 Å². The van der Waals surface area contributed by atoms with Crippen LogP contribution >= 0.6 is 15.9 Å². The van der Waals surface area contributed by atoms with E-state index in [1.54, 1.807) is 0 Å². The first kappa shape index (κ1) is 10.1. The Balaban J connectivity index is 2.16. The van der Waals surface area contributed by atoms with Gasteiger partial charge in [0, 0.05) is 17.1 Å². The molecule has 2 atom stereocenters. The molecule has 1 saturated heterocycles. The summed E-state index contributed by atoms with van der Waals surface area (Å²) < 4.78 is 6.85. The Hall–Kier alpha value is -0.380. The van der Waals surface area contributed by atoms with Crippen LogP contribution in [0.4, 0.5) is 0 Å². The molecule has 1 aromatic carbocycles. The van der Waals surface area contributed by atoms with Crippen LogP contribution in [0.25, 0.3) is 0 Å². The van der Waals surface area contributed by atoms with Gasteiger partial charge in [0.1, 0.15) is 0 Å². The molecule has 1 aliphatic heterocycles. The fourth-order valence-corrected chi connectivity index (χ4v) is 2.03. The van der Waals surface area contributed by atoms with Crippen LogP contribution in [0.5, 0.6) is 0 Å². The number of hydrogen-bond acceptors (Lipinski definition) is 2. The highest BCUT2D eigenvalue weighted by Crippen LogP contribution is 2.24. The summed E-state index contributed by atoms with van der Waals surface area (Å²) in [6, 6.07) is 8.72. The van der Waals surface area contributed by atoms with Crippen molar-refractivity contribution in [3.63, 3.8) is 0 Å². The molecule has 2 unspecified atom stereocenters. The van der Waals surface area contributed by atoms with Crippen molar-refractivity contribution in [2.45, 2.75) is 19.1 Å².